The van der Waals surface area contributed by atoms with Gasteiger partial charge in [-0.25, -0.2) is 18.0 Å². The summed E-state index contributed by atoms with van der Waals surface area (Å²) < 4.78 is 38.8. The Kier molecular flexibility index (Phi) is 7.02. The van der Waals surface area contributed by atoms with E-state index in [0.717, 1.165) is 32.6 Å². The maximum atomic E-state index is 12.3. The highest BCUT2D eigenvalue weighted by molar-refractivity contribution is 7.90. The van der Waals surface area contributed by atoms with E-state index in [4.69, 9.17) is 14.2 Å². The van der Waals surface area contributed by atoms with Gasteiger partial charge < -0.3 is 14.2 Å². The second kappa shape index (κ2) is 9.30. The van der Waals surface area contributed by atoms with Crippen molar-refractivity contribution in [3.63, 3.8) is 0 Å². The molecule has 0 aliphatic carbocycles. The van der Waals surface area contributed by atoms with Crippen LogP contribution in [0.15, 0.2) is 35.2 Å². The number of methoxy groups -OCH3 is 3. The molecule has 2 N–H and O–H groups in total. The molecule has 2 rings (SSSR count). The minimum atomic E-state index is -3.88. The molecule has 166 valence electrons. The average molecular weight is 453 g/mol. The molecule has 0 amide bonds. The van der Waals surface area contributed by atoms with Gasteiger partial charge in [-0.3, -0.25) is 21.0 Å². The summed E-state index contributed by atoms with van der Waals surface area (Å²) in [6.07, 6.45) is 0.879. The summed E-state index contributed by atoms with van der Waals surface area (Å²) in [7, 11) is -0.278. The molecular weight excluding hydrogens is 434 g/mol. The van der Waals surface area contributed by atoms with Crippen LogP contribution in [-0.2, 0) is 19.3 Å². The van der Waals surface area contributed by atoms with Crippen molar-refractivity contribution in [3.05, 3.63) is 51.6 Å². The molecule has 31 heavy (non-hydrogen) atoms. The number of hydrazine groups is 1. The van der Waals surface area contributed by atoms with E-state index in [1.54, 1.807) is 0 Å². The number of nitro groups is 1. The van der Waals surface area contributed by atoms with E-state index in [0.29, 0.717) is 0 Å². The van der Waals surface area contributed by atoms with Gasteiger partial charge in [0.1, 0.15) is 5.75 Å². The average Bonchev–Trinajstić information content (AvgIpc) is 2.75. The zero-order valence-electron chi connectivity index (χ0n) is 16.9. The third-order valence-electron chi connectivity index (χ3n) is 4.06. The number of nitrogens with zero attached hydrogens (tertiary/aromatic N) is 1. The topological polar surface area (TPSA) is 163 Å². The van der Waals surface area contributed by atoms with Crippen LogP contribution in [0.1, 0.15) is 20.7 Å². The predicted octanol–water partition coefficient (Wildman–Crippen LogP) is 2.02. The monoisotopic (exact) mass is 453 g/mol. The first-order chi connectivity index (χ1) is 14.5. The maximum Gasteiger partial charge on any atom is 0.340 e. The Labute approximate surface area is 177 Å². The highest BCUT2D eigenvalue weighted by Crippen LogP contribution is 2.31. The van der Waals surface area contributed by atoms with Crippen LogP contribution in [0.25, 0.3) is 0 Å². The fourth-order valence-corrected chi connectivity index (χ4v) is 3.43. The molecule has 0 aromatic heterocycles. The van der Waals surface area contributed by atoms with Crippen LogP contribution in [0.3, 0.4) is 0 Å². The van der Waals surface area contributed by atoms with Gasteiger partial charge in [-0.2, -0.15) is 0 Å². The van der Waals surface area contributed by atoms with Crippen LogP contribution >= 0.6 is 0 Å². The Bertz CT molecular complexity index is 1110. The third kappa shape index (κ3) is 5.19. The number of nitro benzene ring substituents is 1. The number of esters is 2. The Morgan fingerprint density at radius 3 is 1.94 bits per heavy atom. The molecule has 0 fully saturated rings. The number of carbonyl (C=O) groups is 2. The number of hydrogen-bond acceptors (Lipinski definition) is 11. The maximum absolute atomic E-state index is 12.3. The lowest BCUT2D eigenvalue weighted by Gasteiger charge is -2.18. The number of sulfone groups is 1. The molecular formula is C18H19N3O9S. The van der Waals surface area contributed by atoms with Crippen molar-refractivity contribution >= 4 is 38.8 Å². The largest absolute Gasteiger partial charge is 0.497 e. The summed E-state index contributed by atoms with van der Waals surface area (Å²) >= 11 is 0. The van der Waals surface area contributed by atoms with Crippen molar-refractivity contribution in [3.8, 4) is 5.75 Å². The molecule has 0 bridgehead atoms. The molecule has 0 spiro atoms. The van der Waals surface area contributed by atoms with Crippen LogP contribution in [0.2, 0.25) is 0 Å². The summed E-state index contributed by atoms with van der Waals surface area (Å²) in [6, 6.07) is 5.75. The van der Waals surface area contributed by atoms with Crippen LogP contribution in [0.4, 0.5) is 17.1 Å². The Hall–Kier alpha value is -3.87. The number of non-ortho nitro benzene ring substituents is 1. The normalized spacial score (nSPS) is 10.7. The minimum absolute atomic E-state index is 0.0597. The van der Waals surface area contributed by atoms with Crippen molar-refractivity contribution in [2.75, 3.05) is 38.4 Å². The molecule has 0 aliphatic rings. The lowest BCUT2D eigenvalue weighted by molar-refractivity contribution is -0.385. The van der Waals surface area contributed by atoms with Crippen LogP contribution < -0.4 is 15.6 Å². The third-order valence-corrected chi connectivity index (χ3v) is 5.19. The Morgan fingerprint density at radius 2 is 1.52 bits per heavy atom. The van der Waals surface area contributed by atoms with Gasteiger partial charge in [0, 0.05) is 18.4 Å². The molecule has 0 aliphatic heterocycles. The second-order valence-electron chi connectivity index (χ2n) is 6.04. The van der Waals surface area contributed by atoms with E-state index in [1.165, 1.54) is 25.3 Å². The first-order valence-corrected chi connectivity index (χ1v) is 10.3. The quantitative estimate of drug-likeness (QED) is 0.341. The first kappa shape index (κ1) is 23.4. The Morgan fingerprint density at radius 1 is 0.968 bits per heavy atom. The number of benzene rings is 2. The molecule has 13 heteroatoms. The summed E-state index contributed by atoms with van der Waals surface area (Å²) in [5, 5.41) is 11.0. The van der Waals surface area contributed by atoms with E-state index < -0.39 is 32.4 Å². The second-order valence-corrected chi connectivity index (χ2v) is 8.02. The first-order valence-electron chi connectivity index (χ1n) is 8.42. The van der Waals surface area contributed by atoms with Crippen molar-refractivity contribution in [1.29, 1.82) is 0 Å². The lowest BCUT2D eigenvalue weighted by atomic mass is 10.1. The fraction of sp³-hybridized carbons (Fsp3) is 0.222. The standard InChI is InChI=1S/C18H19N3O9S/c1-28-11-8-12(17(22)29-2)16(13(9-11)18(23)30-3)20-19-14-6-5-10(21(24)25)7-15(14)31(4,26)27/h5-9,19-20H,1-4H3. The summed E-state index contributed by atoms with van der Waals surface area (Å²) in [6.45, 7) is 0. The van der Waals surface area contributed by atoms with Gasteiger partial charge in [0.05, 0.1) is 53.6 Å². The smallest absolute Gasteiger partial charge is 0.340 e. The molecule has 0 heterocycles. The van der Waals surface area contributed by atoms with Crippen molar-refractivity contribution < 1.29 is 37.1 Å². The summed E-state index contributed by atoms with van der Waals surface area (Å²) in [4.78, 5) is 34.4. The predicted molar refractivity (Wildman–Crippen MR) is 109 cm³/mol. The van der Waals surface area contributed by atoms with Crippen molar-refractivity contribution in [2.45, 2.75) is 4.90 Å². The summed E-state index contributed by atoms with van der Waals surface area (Å²) in [5.74, 6) is -1.47. The number of hydrogen-bond donors (Lipinski definition) is 2. The van der Waals surface area contributed by atoms with Gasteiger partial charge in [-0.05, 0) is 18.2 Å². The molecule has 0 atom stereocenters. The highest BCUT2D eigenvalue weighted by atomic mass is 32.2. The summed E-state index contributed by atoms with van der Waals surface area (Å²) in [5.41, 5.74) is 4.37. The number of ether oxygens (including phenoxy) is 3. The Balaban J connectivity index is 2.60. The van der Waals surface area contributed by atoms with E-state index in [1.807, 2.05) is 0 Å². The molecule has 0 saturated carbocycles. The van der Waals surface area contributed by atoms with Gasteiger partial charge in [-0.1, -0.05) is 0 Å². The van der Waals surface area contributed by atoms with Gasteiger partial charge in [0.15, 0.2) is 9.84 Å². The molecule has 0 unspecified atom stereocenters. The van der Waals surface area contributed by atoms with Gasteiger partial charge in [-0.15, -0.1) is 0 Å². The van der Waals surface area contributed by atoms with Crippen molar-refractivity contribution in [1.82, 2.24) is 0 Å². The number of anilines is 2. The lowest BCUT2D eigenvalue weighted by Crippen LogP contribution is -2.19. The number of carbonyl (C=O) groups excluding carboxylic acids is 2. The van der Waals surface area contributed by atoms with E-state index in [2.05, 4.69) is 10.9 Å². The molecule has 2 aromatic rings. The fourth-order valence-electron chi connectivity index (χ4n) is 2.57. The molecule has 12 nitrogen and oxygen atoms in total. The number of rotatable bonds is 8. The molecule has 0 saturated heterocycles. The van der Waals surface area contributed by atoms with Crippen molar-refractivity contribution in [2.24, 2.45) is 0 Å². The van der Waals surface area contributed by atoms with Crippen LogP contribution in [0, 0.1) is 10.1 Å². The van der Waals surface area contributed by atoms with Crippen LogP contribution in [-0.4, -0.2) is 52.9 Å². The van der Waals surface area contributed by atoms with E-state index >= 15 is 0 Å². The van der Waals surface area contributed by atoms with Gasteiger partial charge >= 0.3 is 11.9 Å². The van der Waals surface area contributed by atoms with Gasteiger partial charge in [0.2, 0.25) is 0 Å². The van der Waals surface area contributed by atoms with E-state index in [9.17, 15) is 28.1 Å². The zero-order valence-corrected chi connectivity index (χ0v) is 17.7. The molecule has 2 aromatic carbocycles. The van der Waals surface area contributed by atoms with E-state index in [-0.39, 0.29) is 33.1 Å². The highest BCUT2D eigenvalue weighted by Gasteiger charge is 2.24. The SMILES string of the molecule is COC(=O)c1cc(OC)cc(C(=O)OC)c1NNc1ccc([N+](=O)[O-])cc1S(C)(=O)=O. The van der Waals surface area contributed by atoms with Crippen LogP contribution in [0.5, 0.6) is 5.75 Å². The molecule has 0 radical (unpaired) electrons. The number of nitrogens with one attached hydrogen (secondary N) is 2. The minimum Gasteiger partial charge on any atom is -0.497 e. The zero-order chi connectivity index (χ0) is 23.3. The van der Waals surface area contributed by atoms with Gasteiger partial charge in [0.25, 0.3) is 5.69 Å².